The quantitative estimate of drug-likeness (QED) is 0.336. The van der Waals surface area contributed by atoms with E-state index in [1.165, 1.54) is 0 Å². The molecule has 6 rings (SSSR count). The number of aliphatic hydroxyl groups excluding tert-OH is 3. The number of fused-ring (bicyclic) bond motifs is 6. The zero-order chi connectivity index (χ0) is 29.3. The van der Waals surface area contributed by atoms with E-state index in [9.17, 15) is 20.1 Å². The van der Waals surface area contributed by atoms with Gasteiger partial charge in [0.05, 0.1) is 18.3 Å². The van der Waals surface area contributed by atoms with Crippen LogP contribution in [0.1, 0.15) is 91.0 Å². The van der Waals surface area contributed by atoms with E-state index in [1.54, 1.807) is 0 Å². The summed E-state index contributed by atoms with van der Waals surface area (Å²) in [6, 6.07) is 5.79. The Bertz CT molecular complexity index is 1240. The Kier molecular flexibility index (Phi) is 7.44. The third kappa shape index (κ3) is 4.78. The molecule has 4 N–H and O–H groups in total. The minimum Gasteiger partial charge on any atom is -0.457 e. The van der Waals surface area contributed by atoms with Crippen LogP contribution in [0, 0.1) is 46.3 Å². The average molecular weight is 564 g/mol. The molecule has 41 heavy (non-hydrogen) atoms. The lowest BCUT2D eigenvalue weighted by molar-refractivity contribution is -0.223. The van der Waals surface area contributed by atoms with Crippen LogP contribution in [-0.4, -0.2) is 39.5 Å². The van der Waals surface area contributed by atoms with E-state index >= 15 is 0 Å². The number of benzene rings is 1. The minimum atomic E-state index is -0.759. The number of anilines is 1. The molecular weight excluding hydrogens is 514 g/mol. The molecule has 4 saturated carbocycles. The van der Waals surface area contributed by atoms with Crippen LogP contribution in [0.4, 0.5) is 5.69 Å². The van der Waals surface area contributed by atoms with Crippen molar-refractivity contribution in [1.82, 2.24) is 0 Å². The number of allylic oxidation sites excluding steroid dienone is 2. The van der Waals surface area contributed by atoms with Crippen molar-refractivity contribution in [2.24, 2.45) is 46.3 Å². The van der Waals surface area contributed by atoms with Gasteiger partial charge in [-0.25, -0.2) is 0 Å². The lowest BCUT2D eigenvalue weighted by Crippen LogP contribution is -2.64. The summed E-state index contributed by atoms with van der Waals surface area (Å²) in [4.78, 5) is 13.0. The molecule has 0 aromatic heterocycles. The van der Waals surface area contributed by atoms with Gasteiger partial charge in [-0.05, 0) is 128 Å². The van der Waals surface area contributed by atoms with E-state index in [4.69, 9.17) is 4.74 Å². The van der Waals surface area contributed by atoms with Crippen LogP contribution in [0.5, 0.6) is 5.75 Å². The Morgan fingerprint density at radius 1 is 1.05 bits per heavy atom. The van der Waals surface area contributed by atoms with Crippen molar-refractivity contribution >= 4 is 17.2 Å². The van der Waals surface area contributed by atoms with Gasteiger partial charge in [0.25, 0.3) is 0 Å². The van der Waals surface area contributed by atoms with E-state index < -0.39 is 12.2 Å². The highest BCUT2D eigenvalue weighted by molar-refractivity contribution is 5.91. The van der Waals surface area contributed by atoms with Crippen molar-refractivity contribution < 1.29 is 24.9 Å². The lowest BCUT2D eigenvalue weighted by atomic mass is 9.43. The third-order valence-electron chi connectivity index (χ3n) is 12.6. The second kappa shape index (κ2) is 10.5. The summed E-state index contributed by atoms with van der Waals surface area (Å²) < 4.78 is 5.78. The summed E-state index contributed by atoms with van der Waals surface area (Å²) in [5.41, 5.74) is 2.95. The SMILES string of the molecule is C=C1C=C(C)c2ccc(NC(=O)CCC(C)C3CCC4C5C(O)C(O)C6CC(O)CCC6(C)C5CCC34C)cc2O1. The van der Waals surface area contributed by atoms with Gasteiger partial charge >= 0.3 is 0 Å². The summed E-state index contributed by atoms with van der Waals surface area (Å²) in [6.07, 6.45) is 8.13. The van der Waals surface area contributed by atoms with Gasteiger partial charge in [-0.1, -0.05) is 27.4 Å². The molecule has 224 valence electrons. The molecule has 1 aromatic rings. The van der Waals surface area contributed by atoms with Gasteiger partial charge in [0.15, 0.2) is 0 Å². The maximum Gasteiger partial charge on any atom is 0.224 e. The van der Waals surface area contributed by atoms with Crippen molar-refractivity contribution in [2.75, 3.05) is 5.32 Å². The fourth-order valence-electron chi connectivity index (χ4n) is 10.5. The first-order valence-electron chi connectivity index (χ1n) is 16.0. The number of aliphatic hydroxyl groups is 3. The van der Waals surface area contributed by atoms with Crippen LogP contribution in [0.3, 0.4) is 0 Å². The van der Waals surface area contributed by atoms with Gasteiger partial charge in [-0.3, -0.25) is 4.79 Å². The van der Waals surface area contributed by atoms with Crippen LogP contribution in [-0.2, 0) is 4.79 Å². The molecule has 11 atom stereocenters. The molecule has 4 aliphatic carbocycles. The van der Waals surface area contributed by atoms with Crippen molar-refractivity contribution in [1.29, 1.82) is 0 Å². The fraction of sp³-hybridized carbons (Fsp3) is 0.686. The molecule has 0 bridgehead atoms. The minimum absolute atomic E-state index is 0.0182. The molecule has 1 amide bonds. The predicted octanol–water partition coefficient (Wildman–Crippen LogP) is 6.31. The van der Waals surface area contributed by atoms with Crippen molar-refractivity contribution in [2.45, 2.75) is 104 Å². The number of hydrogen-bond donors (Lipinski definition) is 4. The van der Waals surface area contributed by atoms with Gasteiger partial charge in [-0.15, -0.1) is 0 Å². The third-order valence-corrected chi connectivity index (χ3v) is 12.6. The van der Waals surface area contributed by atoms with Crippen molar-refractivity contribution in [3.05, 3.63) is 42.2 Å². The van der Waals surface area contributed by atoms with E-state index in [0.717, 1.165) is 67.5 Å². The summed E-state index contributed by atoms with van der Waals surface area (Å²) >= 11 is 0. The Morgan fingerprint density at radius 2 is 1.78 bits per heavy atom. The van der Waals surface area contributed by atoms with Crippen LogP contribution in [0.25, 0.3) is 5.57 Å². The Hall–Kier alpha value is -2.15. The second-order valence-electron chi connectivity index (χ2n) is 14.7. The van der Waals surface area contributed by atoms with E-state index in [1.807, 2.05) is 31.2 Å². The maximum absolute atomic E-state index is 13.0. The summed E-state index contributed by atoms with van der Waals surface area (Å²) in [5, 5.41) is 36.3. The summed E-state index contributed by atoms with van der Waals surface area (Å²) in [5.74, 6) is 3.12. The molecule has 1 heterocycles. The molecular formula is C35H49NO5. The molecule has 0 spiro atoms. The highest BCUT2D eigenvalue weighted by Crippen LogP contribution is 2.68. The number of hydrogen-bond acceptors (Lipinski definition) is 5. The van der Waals surface area contributed by atoms with Gasteiger partial charge in [0.1, 0.15) is 11.5 Å². The molecule has 0 saturated heterocycles. The highest BCUT2D eigenvalue weighted by atomic mass is 16.5. The molecule has 11 unspecified atom stereocenters. The molecule has 0 radical (unpaired) electrons. The topological polar surface area (TPSA) is 99.0 Å². The number of nitrogens with one attached hydrogen (secondary N) is 1. The second-order valence-corrected chi connectivity index (χ2v) is 14.7. The predicted molar refractivity (Wildman–Crippen MR) is 161 cm³/mol. The molecule has 5 aliphatic rings. The van der Waals surface area contributed by atoms with Crippen LogP contribution >= 0.6 is 0 Å². The monoisotopic (exact) mass is 563 g/mol. The molecule has 1 aromatic carbocycles. The van der Waals surface area contributed by atoms with Gasteiger partial charge < -0.3 is 25.4 Å². The smallest absolute Gasteiger partial charge is 0.224 e. The first kappa shape index (κ1) is 28.9. The summed E-state index contributed by atoms with van der Waals surface area (Å²) in [7, 11) is 0. The van der Waals surface area contributed by atoms with Crippen LogP contribution in [0.15, 0.2) is 36.6 Å². The van der Waals surface area contributed by atoms with E-state index in [2.05, 4.69) is 32.7 Å². The maximum atomic E-state index is 13.0. The fourth-order valence-corrected chi connectivity index (χ4v) is 10.5. The van der Waals surface area contributed by atoms with Crippen LogP contribution < -0.4 is 10.1 Å². The first-order valence-corrected chi connectivity index (χ1v) is 16.0. The zero-order valence-corrected chi connectivity index (χ0v) is 25.2. The molecule has 6 nitrogen and oxygen atoms in total. The Balaban J connectivity index is 1.10. The van der Waals surface area contributed by atoms with Gasteiger partial charge in [0.2, 0.25) is 5.91 Å². The molecule has 4 fully saturated rings. The van der Waals surface area contributed by atoms with Crippen LogP contribution in [0.2, 0.25) is 0 Å². The average Bonchev–Trinajstić information content (AvgIpc) is 3.28. The number of ether oxygens (including phenoxy) is 1. The number of amides is 1. The first-order chi connectivity index (χ1) is 19.4. The van der Waals surface area contributed by atoms with Crippen molar-refractivity contribution in [3.63, 3.8) is 0 Å². The number of carbonyl (C=O) groups excluding carboxylic acids is 1. The van der Waals surface area contributed by atoms with E-state index in [0.29, 0.717) is 42.3 Å². The Morgan fingerprint density at radius 3 is 2.56 bits per heavy atom. The zero-order valence-electron chi connectivity index (χ0n) is 25.2. The molecule has 1 aliphatic heterocycles. The van der Waals surface area contributed by atoms with Crippen molar-refractivity contribution in [3.8, 4) is 5.75 Å². The molecule has 6 heteroatoms. The standard InChI is InChI=1S/C35H49NO5/c1-19(6-11-30(38)36-22-7-8-24-20(2)16-21(3)41-29(24)17-22)25-9-10-26-31-27(13-15-34(25,26)4)35(5)14-12-23(37)18-28(35)32(39)33(31)40/h7-8,16-17,19,23,25-28,31-33,37,39-40H,3,6,9-15,18H2,1-2,4-5H3,(H,36,38). The summed E-state index contributed by atoms with van der Waals surface area (Å²) in [6.45, 7) is 13.0. The highest BCUT2D eigenvalue weighted by Gasteiger charge is 2.65. The Labute approximate surface area is 245 Å². The van der Waals surface area contributed by atoms with Gasteiger partial charge in [-0.2, -0.15) is 0 Å². The number of rotatable bonds is 5. The number of carbonyl (C=O) groups is 1. The van der Waals surface area contributed by atoms with Gasteiger partial charge in [0, 0.05) is 23.7 Å². The van der Waals surface area contributed by atoms with E-state index in [-0.39, 0.29) is 34.7 Å². The lowest BCUT2D eigenvalue weighted by Gasteiger charge is -2.63. The normalized spacial score (nSPS) is 42.1. The largest absolute Gasteiger partial charge is 0.457 e.